The molecule has 54 valence electrons. The molecule has 0 bridgehead atoms. The van der Waals surface area contributed by atoms with Crippen molar-refractivity contribution in [3.63, 3.8) is 0 Å². The van der Waals surface area contributed by atoms with Crippen molar-refractivity contribution in [2.24, 2.45) is 0 Å². The zero-order chi connectivity index (χ0) is 6.91. The SMILES string of the molecule is CCC1OCCC1(Br)Br. The van der Waals surface area contributed by atoms with E-state index in [1.54, 1.807) is 0 Å². The van der Waals surface area contributed by atoms with Crippen LogP contribution >= 0.6 is 31.9 Å². The van der Waals surface area contributed by atoms with Crippen LogP contribution in [0.15, 0.2) is 0 Å². The number of hydrogen-bond donors (Lipinski definition) is 0. The van der Waals surface area contributed by atoms with E-state index in [0.717, 1.165) is 19.4 Å². The monoisotopic (exact) mass is 256 g/mol. The summed E-state index contributed by atoms with van der Waals surface area (Å²) in [5, 5.41) is 0. The van der Waals surface area contributed by atoms with E-state index in [0.29, 0.717) is 6.10 Å². The Labute approximate surface area is 72.4 Å². The van der Waals surface area contributed by atoms with E-state index in [4.69, 9.17) is 4.74 Å². The van der Waals surface area contributed by atoms with Crippen LogP contribution in [0.1, 0.15) is 19.8 Å². The van der Waals surface area contributed by atoms with Crippen molar-refractivity contribution in [3.8, 4) is 0 Å². The lowest BCUT2D eigenvalue weighted by atomic mass is 10.2. The van der Waals surface area contributed by atoms with Gasteiger partial charge >= 0.3 is 0 Å². The van der Waals surface area contributed by atoms with Crippen molar-refractivity contribution in [2.75, 3.05) is 6.61 Å². The standard InChI is InChI=1S/C6H10Br2O/c1-2-5-6(7,8)3-4-9-5/h5H,2-4H2,1H3. The van der Waals surface area contributed by atoms with Crippen molar-refractivity contribution < 1.29 is 4.74 Å². The van der Waals surface area contributed by atoms with Crippen molar-refractivity contribution in [3.05, 3.63) is 0 Å². The van der Waals surface area contributed by atoms with Gasteiger partial charge in [0.05, 0.1) is 6.10 Å². The highest BCUT2D eigenvalue weighted by molar-refractivity contribution is 9.25. The van der Waals surface area contributed by atoms with Gasteiger partial charge in [-0.25, -0.2) is 0 Å². The summed E-state index contributed by atoms with van der Waals surface area (Å²) in [6.07, 6.45) is 2.47. The molecular formula is C6H10Br2O. The highest BCUT2D eigenvalue weighted by Crippen LogP contribution is 2.41. The number of halogens is 2. The fourth-order valence-electron chi connectivity index (χ4n) is 1.04. The molecule has 1 rings (SSSR count). The number of ether oxygens (including phenoxy) is 1. The third kappa shape index (κ3) is 1.69. The molecule has 0 spiro atoms. The summed E-state index contributed by atoms with van der Waals surface area (Å²) < 4.78 is 5.49. The van der Waals surface area contributed by atoms with E-state index in [2.05, 4.69) is 38.8 Å². The van der Waals surface area contributed by atoms with Crippen LogP contribution in [0, 0.1) is 0 Å². The first-order chi connectivity index (χ1) is 4.17. The third-order valence-corrected chi connectivity index (χ3v) is 3.41. The molecule has 1 aliphatic heterocycles. The lowest BCUT2D eigenvalue weighted by molar-refractivity contribution is 0.108. The van der Waals surface area contributed by atoms with Gasteiger partial charge in [-0.3, -0.25) is 0 Å². The molecule has 1 atom stereocenters. The molecule has 0 aromatic carbocycles. The van der Waals surface area contributed by atoms with Gasteiger partial charge in [0.1, 0.15) is 3.23 Å². The van der Waals surface area contributed by atoms with E-state index in [1.807, 2.05) is 0 Å². The Morgan fingerprint density at radius 3 is 2.56 bits per heavy atom. The van der Waals surface area contributed by atoms with E-state index in [-0.39, 0.29) is 3.23 Å². The van der Waals surface area contributed by atoms with Gasteiger partial charge in [0.2, 0.25) is 0 Å². The van der Waals surface area contributed by atoms with Crippen LogP contribution in [0.25, 0.3) is 0 Å². The molecule has 0 radical (unpaired) electrons. The molecule has 9 heavy (non-hydrogen) atoms. The van der Waals surface area contributed by atoms with E-state index in [9.17, 15) is 0 Å². The van der Waals surface area contributed by atoms with Crippen LogP contribution < -0.4 is 0 Å². The van der Waals surface area contributed by atoms with Gasteiger partial charge < -0.3 is 4.74 Å². The van der Waals surface area contributed by atoms with Crippen LogP contribution in [0.3, 0.4) is 0 Å². The fourth-order valence-corrected chi connectivity index (χ4v) is 2.27. The molecule has 1 unspecified atom stereocenters. The summed E-state index contributed by atoms with van der Waals surface area (Å²) in [5.74, 6) is 0. The molecule has 0 N–H and O–H groups in total. The maximum Gasteiger partial charge on any atom is 0.109 e. The number of alkyl halides is 2. The molecule has 0 aromatic heterocycles. The minimum absolute atomic E-state index is 0.0642. The first-order valence-corrected chi connectivity index (χ1v) is 4.75. The average Bonchev–Trinajstić information content (AvgIpc) is 2.08. The lowest BCUT2D eigenvalue weighted by Crippen LogP contribution is -2.23. The minimum atomic E-state index is 0.0642. The Kier molecular flexibility index (Phi) is 2.57. The van der Waals surface area contributed by atoms with Gasteiger partial charge in [-0.05, 0) is 12.8 Å². The minimum Gasteiger partial charge on any atom is -0.376 e. The predicted molar refractivity (Wildman–Crippen MR) is 45.2 cm³/mol. The van der Waals surface area contributed by atoms with Crippen molar-refractivity contribution in [1.29, 1.82) is 0 Å². The van der Waals surface area contributed by atoms with Crippen LogP contribution in [-0.4, -0.2) is 15.9 Å². The van der Waals surface area contributed by atoms with E-state index in [1.165, 1.54) is 0 Å². The molecule has 0 amide bonds. The number of rotatable bonds is 1. The summed E-state index contributed by atoms with van der Waals surface area (Å²) in [6, 6.07) is 0. The second-order valence-corrected chi connectivity index (χ2v) is 6.17. The molecule has 1 aliphatic rings. The van der Waals surface area contributed by atoms with Gasteiger partial charge in [0, 0.05) is 6.61 Å². The van der Waals surface area contributed by atoms with E-state index >= 15 is 0 Å². The quantitative estimate of drug-likeness (QED) is 0.657. The molecule has 0 aliphatic carbocycles. The molecular weight excluding hydrogens is 248 g/mol. The zero-order valence-corrected chi connectivity index (χ0v) is 8.53. The summed E-state index contributed by atoms with van der Waals surface area (Å²) in [4.78, 5) is 0. The van der Waals surface area contributed by atoms with Crippen LogP contribution in [0.2, 0.25) is 0 Å². The first kappa shape index (κ1) is 8.02. The van der Waals surface area contributed by atoms with Crippen LogP contribution in [0.4, 0.5) is 0 Å². The molecule has 1 heterocycles. The summed E-state index contributed by atoms with van der Waals surface area (Å²) in [5.41, 5.74) is 0. The average molecular weight is 258 g/mol. The van der Waals surface area contributed by atoms with Gasteiger partial charge in [0.25, 0.3) is 0 Å². The zero-order valence-electron chi connectivity index (χ0n) is 5.36. The number of hydrogen-bond acceptors (Lipinski definition) is 1. The van der Waals surface area contributed by atoms with Gasteiger partial charge in [-0.15, -0.1) is 0 Å². The lowest BCUT2D eigenvalue weighted by Gasteiger charge is -2.18. The Balaban J connectivity index is 2.52. The summed E-state index contributed by atoms with van der Waals surface area (Å²) in [6.45, 7) is 3.00. The topological polar surface area (TPSA) is 9.23 Å². The Morgan fingerprint density at radius 1 is 1.67 bits per heavy atom. The maximum atomic E-state index is 5.42. The molecule has 0 saturated carbocycles. The molecule has 1 fully saturated rings. The summed E-state index contributed by atoms with van der Waals surface area (Å²) in [7, 11) is 0. The largest absolute Gasteiger partial charge is 0.376 e. The highest BCUT2D eigenvalue weighted by atomic mass is 79.9. The normalized spacial score (nSPS) is 33.0. The van der Waals surface area contributed by atoms with E-state index < -0.39 is 0 Å². The van der Waals surface area contributed by atoms with Crippen LogP contribution in [0.5, 0.6) is 0 Å². The summed E-state index contributed by atoms with van der Waals surface area (Å²) >= 11 is 7.12. The van der Waals surface area contributed by atoms with Gasteiger partial charge in [-0.1, -0.05) is 38.8 Å². The Hall–Kier alpha value is 0.920. The molecule has 3 heteroatoms. The van der Waals surface area contributed by atoms with Crippen LogP contribution in [-0.2, 0) is 4.74 Å². The van der Waals surface area contributed by atoms with Crippen molar-refractivity contribution >= 4 is 31.9 Å². The Bertz CT molecular complexity index is 103. The first-order valence-electron chi connectivity index (χ1n) is 3.16. The van der Waals surface area contributed by atoms with Crippen molar-refractivity contribution in [1.82, 2.24) is 0 Å². The predicted octanol–water partition coefficient (Wildman–Crippen LogP) is 2.67. The second-order valence-electron chi connectivity index (χ2n) is 2.28. The molecule has 0 aromatic rings. The fraction of sp³-hybridized carbons (Fsp3) is 1.00. The molecule has 1 saturated heterocycles. The van der Waals surface area contributed by atoms with Crippen molar-refractivity contribution in [2.45, 2.75) is 29.1 Å². The Morgan fingerprint density at radius 2 is 2.33 bits per heavy atom. The van der Waals surface area contributed by atoms with Gasteiger partial charge in [-0.2, -0.15) is 0 Å². The second kappa shape index (κ2) is 2.89. The van der Waals surface area contributed by atoms with Gasteiger partial charge in [0.15, 0.2) is 0 Å². The smallest absolute Gasteiger partial charge is 0.109 e. The molecule has 1 nitrogen and oxygen atoms in total. The maximum absolute atomic E-state index is 5.42. The third-order valence-electron chi connectivity index (χ3n) is 1.60. The highest BCUT2D eigenvalue weighted by Gasteiger charge is 2.38.